The average Bonchev–Trinajstić information content (AvgIpc) is 2.79. The summed E-state index contributed by atoms with van der Waals surface area (Å²) in [4.78, 5) is 38.7. The Morgan fingerprint density at radius 3 is 2.50 bits per heavy atom. The van der Waals surface area contributed by atoms with E-state index in [1.165, 1.54) is 37.5 Å². The molecule has 1 aliphatic heterocycles. The minimum atomic E-state index is -0.884. The Hall–Kier alpha value is -3.68. The van der Waals surface area contributed by atoms with Crippen LogP contribution in [0.25, 0.3) is 6.08 Å². The molecule has 0 aromatic heterocycles. The van der Waals surface area contributed by atoms with Gasteiger partial charge >= 0.3 is 6.03 Å². The number of carbonyl (C=O) groups excluding carboxylic acids is 3. The Balaban J connectivity index is 1.72. The summed E-state index contributed by atoms with van der Waals surface area (Å²) < 4.78 is 19.6. The molecule has 4 amide bonds. The van der Waals surface area contributed by atoms with Gasteiger partial charge in [0.25, 0.3) is 11.8 Å². The molecule has 1 aliphatic rings. The molecule has 0 saturated carbocycles. The topological polar surface area (TPSA) is 75.7 Å². The molecule has 0 unspecified atom stereocenters. The standard InChI is InChI=1S/C25H17Cl2FN2O4/c1-34-22-11-14(10-20(27)18(22)12-15-5-2-3-8-21(15)28)9-19-23(31)29-25(33)30(24(19)32)17-7-4-6-16(26)13-17/h2-11,13H,12H2,1H3,(H,29,31,33)/b19-9+. The van der Waals surface area contributed by atoms with Crippen LogP contribution in [0.15, 0.2) is 66.2 Å². The lowest BCUT2D eigenvalue weighted by Gasteiger charge is -2.26. The molecule has 3 aromatic carbocycles. The zero-order valence-corrected chi connectivity index (χ0v) is 19.3. The smallest absolute Gasteiger partial charge is 0.335 e. The van der Waals surface area contributed by atoms with Crippen molar-refractivity contribution in [3.8, 4) is 5.75 Å². The number of nitrogens with one attached hydrogen (secondary N) is 1. The van der Waals surface area contributed by atoms with Gasteiger partial charge < -0.3 is 4.74 Å². The normalized spacial score (nSPS) is 15.0. The third-order valence-corrected chi connectivity index (χ3v) is 5.77. The monoisotopic (exact) mass is 498 g/mol. The number of hydrogen-bond donors (Lipinski definition) is 1. The molecule has 1 saturated heterocycles. The minimum absolute atomic E-state index is 0.183. The van der Waals surface area contributed by atoms with Gasteiger partial charge in [-0.05, 0) is 53.6 Å². The summed E-state index contributed by atoms with van der Waals surface area (Å²) in [5.41, 5.74) is 1.31. The number of ether oxygens (including phenoxy) is 1. The maximum absolute atomic E-state index is 14.1. The highest BCUT2D eigenvalue weighted by Gasteiger charge is 2.37. The molecule has 0 spiro atoms. The van der Waals surface area contributed by atoms with E-state index in [0.29, 0.717) is 27.5 Å². The fourth-order valence-corrected chi connectivity index (χ4v) is 4.04. The molecule has 4 rings (SSSR count). The van der Waals surface area contributed by atoms with Crippen LogP contribution in [0, 0.1) is 5.82 Å². The highest BCUT2D eigenvalue weighted by molar-refractivity contribution is 6.39. The van der Waals surface area contributed by atoms with Gasteiger partial charge in [0.05, 0.1) is 12.8 Å². The van der Waals surface area contributed by atoms with Crippen LogP contribution in [0.1, 0.15) is 16.7 Å². The van der Waals surface area contributed by atoms with E-state index in [0.717, 1.165) is 4.90 Å². The SMILES string of the molecule is COc1cc(/C=C2\C(=O)NC(=O)N(c3cccc(Cl)c3)C2=O)cc(Cl)c1Cc1ccccc1F. The van der Waals surface area contributed by atoms with E-state index in [2.05, 4.69) is 5.32 Å². The third-order valence-electron chi connectivity index (χ3n) is 5.20. The van der Waals surface area contributed by atoms with E-state index in [1.807, 2.05) is 0 Å². The largest absolute Gasteiger partial charge is 0.496 e. The highest BCUT2D eigenvalue weighted by Crippen LogP contribution is 2.33. The summed E-state index contributed by atoms with van der Waals surface area (Å²) in [5.74, 6) is -1.68. The quantitative estimate of drug-likeness (QED) is 0.377. The average molecular weight is 499 g/mol. The summed E-state index contributed by atoms with van der Waals surface area (Å²) >= 11 is 12.5. The number of imide groups is 2. The van der Waals surface area contributed by atoms with Crippen molar-refractivity contribution < 1.29 is 23.5 Å². The predicted octanol–water partition coefficient (Wildman–Crippen LogP) is 5.40. The van der Waals surface area contributed by atoms with Gasteiger partial charge in [0.1, 0.15) is 17.1 Å². The number of barbiturate groups is 1. The molecule has 0 radical (unpaired) electrons. The summed E-state index contributed by atoms with van der Waals surface area (Å²) in [6.45, 7) is 0. The van der Waals surface area contributed by atoms with Crippen molar-refractivity contribution in [3.63, 3.8) is 0 Å². The summed E-state index contributed by atoms with van der Waals surface area (Å²) in [7, 11) is 1.44. The van der Waals surface area contributed by atoms with E-state index >= 15 is 0 Å². The molecule has 172 valence electrons. The molecular weight excluding hydrogens is 482 g/mol. The van der Waals surface area contributed by atoms with Crippen molar-refractivity contribution in [2.45, 2.75) is 6.42 Å². The van der Waals surface area contributed by atoms with Crippen LogP contribution >= 0.6 is 23.2 Å². The molecule has 1 heterocycles. The lowest BCUT2D eigenvalue weighted by molar-refractivity contribution is -0.122. The Morgan fingerprint density at radius 1 is 1.03 bits per heavy atom. The fourth-order valence-electron chi connectivity index (χ4n) is 3.57. The van der Waals surface area contributed by atoms with Crippen molar-refractivity contribution in [3.05, 3.63) is 98.8 Å². The molecule has 1 fully saturated rings. The first-order chi connectivity index (χ1) is 16.3. The number of carbonyl (C=O) groups is 3. The molecule has 3 aromatic rings. The van der Waals surface area contributed by atoms with Gasteiger partial charge in [0.15, 0.2) is 0 Å². The van der Waals surface area contributed by atoms with Gasteiger partial charge in [-0.3, -0.25) is 14.9 Å². The number of benzene rings is 3. The molecular formula is C25H17Cl2FN2O4. The molecule has 0 aliphatic carbocycles. The summed E-state index contributed by atoms with van der Waals surface area (Å²) in [6, 6.07) is 14.7. The van der Waals surface area contributed by atoms with E-state index in [-0.39, 0.29) is 28.5 Å². The number of amides is 4. The first-order valence-corrected chi connectivity index (χ1v) is 10.8. The van der Waals surface area contributed by atoms with Crippen LogP contribution in [0.3, 0.4) is 0 Å². The van der Waals surface area contributed by atoms with E-state index < -0.39 is 17.8 Å². The van der Waals surface area contributed by atoms with E-state index in [1.54, 1.807) is 36.4 Å². The van der Waals surface area contributed by atoms with Crippen molar-refractivity contribution in [1.82, 2.24) is 5.32 Å². The minimum Gasteiger partial charge on any atom is -0.496 e. The Morgan fingerprint density at radius 2 is 1.79 bits per heavy atom. The maximum Gasteiger partial charge on any atom is 0.335 e. The number of methoxy groups -OCH3 is 1. The van der Waals surface area contributed by atoms with Crippen LogP contribution in [-0.4, -0.2) is 25.0 Å². The molecule has 9 heteroatoms. The fraction of sp³-hybridized carbons (Fsp3) is 0.0800. The van der Waals surface area contributed by atoms with Crippen LogP contribution in [0.4, 0.5) is 14.9 Å². The van der Waals surface area contributed by atoms with Crippen molar-refractivity contribution >= 4 is 52.8 Å². The molecule has 34 heavy (non-hydrogen) atoms. The molecule has 6 nitrogen and oxygen atoms in total. The van der Waals surface area contributed by atoms with Gasteiger partial charge in [-0.2, -0.15) is 0 Å². The van der Waals surface area contributed by atoms with Gasteiger partial charge in [-0.1, -0.05) is 47.5 Å². The zero-order valence-electron chi connectivity index (χ0n) is 17.8. The van der Waals surface area contributed by atoms with Crippen molar-refractivity contribution in [2.24, 2.45) is 0 Å². The number of anilines is 1. The second kappa shape index (κ2) is 9.67. The van der Waals surface area contributed by atoms with Crippen LogP contribution < -0.4 is 15.0 Å². The van der Waals surface area contributed by atoms with Gasteiger partial charge in [-0.25, -0.2) is 14.1 Å². The number of nitrogens with zero attached hydrogens (tertiary/aromatic N) is 1. The number of halogens is 3. The summed E-state index contributed by atoms with van der Waals surface area (Å²) in [6.07, 6.45) is 1.49. The summed E-state index contributed by atoms with van der Waals surface area (Å²) in [5, 5.41) is 2.74. The Labute approximate surface area is 204 Å². The number of hydrogen-bond acceptors (Lipinski definition) is 4. The predicted molar refractivity (Wildman–Crippen MR) is 128 cm³/mol. The van der Waals surface area contributed by atoms with E-state index in [4.69, 9.17) is 27.9 Å². The number of rotatable bonds is 5. The van der Waals surface area contributed by atoms with Crippen molar-refractivity contribution in [1.29, 1.82) is 0 Å². The van der Waals surface area contributed by atoms with Gasteiger partial charge in [-0.15, -0.1) is 0 Å². The lowest BCUT2D eigenvalue weighted by Crippen LogP contribution is -2.54. The van der Waals surface area contributed by atoms with Gasteiger partial charge in [0, 0.05) is 22.0 Å². The van der Waals surface area contributed by atoms with Crippen LogP contribution in [0.5, 0.6) is 5.75 Å². The second-order valence-electron chi connectivity index (χ2n) is 7.39. The lowest BCUT2D eigenvalue weighted by atomic mass is 10.00. The molecule has 0 bridgehead atoms. The maximum atomic E-state index is 14.1. The first-order valence-electron chi connectivity index (χ1n) is 10.1. The Kier molecular flexibility index (Phi) is 6.68. The third kappa shape index (κ3) is 4.66. The Bertz CT molecular complexity index is 1360. The van der Waals surface area contributed by atoms with Crippen LogP contribution in [0.2, 0.25) is 10.0 Å². The first kappa shape index (κ1) is 23.5. The zero-order chi connectivity index (χ0) is 24.4. The second-order valence-corrected chi connectivity index (χ2v) is 8.23. The van der Waals surface area contributed by atoms with E-state index in [9.17, 15) is 18.8 Å². The van der Waals surface area contributed by atoms with Crippen molar-refractivity contribution in [2.75, 3.05) is 12.0 Å². The van der Waals surface area contributed by atoms with Gasteiger partial charge in [0.2, 0.25) is 0 Å². The molecule has 0 atom stereocenters. The molecule has 1 N–H and O–H groups in total. The van der Waals surface area contributed by atoms with Crippen LogP contribution in [-0.2, 0) is 16.0 Å². The number of urea groups is 1. The highest BCUT2D eigenvalue weighted by atomic mass is 35.5.